The molecular weight excluding hydrogens is 691 g/mol. The third-order valence-corrected chi connectivity index (χ3v) is 13.9. The third kappa shape index (κ3) is 4.20. The van der Waals surface area contributed by atoms with Crippen LogP contribution >= 0.6 is 7.06 Å². The van der Waals surface area contributed by atoms with E-state index in [0.29, 0.717) is 24.3 Å². The molecule has 256 valence electrons. The Morgan fingerprint density at radius 1 is 0.521 bits per heavy atom. The molecule has 0 saturated carbocycles. The number of hydrogen-bond donors (Lipinski definition) is 0. The third-order valence-electron chi connectivity index (χ3n) is 8.81. The maximum atomic E-state index is 15.0. The van der Waals surface area contributed by atoms with E-state index in [0.717, 1.165) is 18.2 Å². The molecule has 4 aromatic carbocycles. The van der Waals surface area contributed by atoms with Crippen molar-refractivity contribution in [3.8, 4) is 0 Å². The Labute approximate surface area is 263 Å². The molecule has 2 aliphatic rings. The Morgan fingerprint density at radius 3 is 1.35 bits per heavy atom. The molecule has 4 aromatic rings. The minimum absolute atomic E-state index is 0.0757. The molecule has 0 aromatic heterocycles. The Balaban J connectivity index is 1.81. The van der Waals surface area contributed by atoms with Gasteiger partial charge in [-0.3, -0.25) is 0 Å². The quantitative estimate of drug-likeness (QED) is 0.159. The number of alkyl halides is 12. The number of fused-ring (bicyclic) bond motifs is 2. The monoisotopic (exact) mass is 711 g/mol. The molecule has 0 radical (unpaired) electrons. The Bertz CT molecular complexity index is 1780. The van der Waals surface area contributed by atoms with Crippen LogP contribution in [0.2, 0.25) is 0 Å². The summed E-state index contributed by atoms with van der Waals surface area (Å²) >= 11 is 0. The van der Waals surface area contributed by atoms with Crippen LogP contribution in [0.15, 0.2) is 109 Å². The van der Waals surface area contributed by atoms with Crippen LogP contribution in [0.4, 0.5) is 52.7 Å². The molecule has 0 unspecified atom stereocenters. The van der Waals surface area contributed by atoms with Gasteiger partial charge >= 0.3 is 264 Å². The summed E-state index contributed by atoms with van der Waals surface area (Å²) in [5.41, 5.74) is -17.1. The molecule has 2 heterocycles. The van der Waals surface area contributed by atoms with Gasteiger partial charge in [-0.2, -0.15) is 0 Å². The van der Waals surface area contributed by atoms with Gasteiger partial charge < -0.3 is 0 Å². The standard InChI is InChI=1S/C32H20F12O3P/c33-29(34,35)27(45,30(36,37)38)22-15-7-9-17-24(22)48(19-26(46-48,20-11-3-1-4-12-20)21-13-5-2-6-14-21)25-18-10-8-16-23(25)28(47-48,31(39,40)41)32(42,43)44/h1-18H,19H2/q-1. The molecule has 3 nitrogen and oxygen atoms in total. The van der Waals surface area contributed by atoms with Crippen LogP contribution in [-0.2, 0) is 25.9 Å². The van der Waals surface area contributed by atoms with Crippen LogP contribution < -0.4 is 15.7 Å². The van der Waals surface area contributed by atoms with Crippen molar-refractivity contribution in [1.82, 2.24) is 0 Å². The first-order valence-electron chi connectivity index (χ1n) is 13.8. The molecule has 48 heavy (non-hydrogen) atoms. The van der Waals surface area contributed by atoms with Crippen molar-refractivity contribution in [3.63, 3.8) is 0 Å². The maximum absolute atomic E-state index is 15.0. The van der Waals surface area contributed by atoms with Gasteiger partial charge in [0.25, 0.3) is 0 Å². The fraction of sp³-hybridized carbons (Fsp3) is 0.250. The second-order valence-electron chi connectivity index (χ2n) is 11.4. The zero-order valence-electron chi connectivity index (χ0n) is 23.8. The van der Waals surface area contributed by atoms with Gasteiger partial charge in [0, 0.05) is 0 Å². The minimum atomic E-state index is -6.69. The van der Waals surface area contributed by atoms with E-state index in [1.54, 1.807) is 0 Å². The summed E-state index contributed by atoms with van der Waals surface area (Å²) in [6, 6.07) is 18.9. The summed E-state index contributed by atoms with van der Waals surface area (Å²) < 4.78 is 188. The summed E-state index contributed by atoms with van der Waals surface area (Å²) in [6.45, 7) is 0. The fourth-order valence-electron chi connectivity index (χ4n) is 6.85. The van der Waals surface area contributed by atoms with E-state index in [1.807, 2.05) is 0 Å². The first kappa shape index (κ1) is 34.2. The van der Waals surface area contributed by atoms with Gasteiger partial charge in [0.15, 0.2) is 0 Å². The van der Waals surface area contributed by atoms with E-state index in [9.17, 15) is 31.4 Å². The number of hydrogen-bond acceptors (Lipinski definition) is 3. The van der Waals surface area contributed by atoms with Crippen LogP contribution in [0.1, 0.15) is 22.3 Å². The van der Waals surface area contributed by atoms with Crippen molar-refractivity contribution in [2.24, 2.45) is 0 Å². The first-order valence-corrected chi connectivity index (χ1v) is 16.1. The average Bonchev–Trinajstić information content (AvgIpc) is 3.30. The predicted octanol–water partition coefficient (Wildman–Crippen LogP) is 8.03. The SMILES string of the molecule is [O-]C(c1ccccc1P12(CC(c3ccccc3)(c3ccccc3)O1)OC(C(F)(F)F)(C(F)(F)F)c1ccccc12)(C(F)(F)F)C(F)(F)F. The van der Waals surface area contributed by atoms with Crippen molar-refractivity contribution < 1.29 is 66.8 Å². The van der Waals surface area contributed by atoms with Crippen LogP contribution in [0.5, 0.6) is 0 Å². The Morgan fingerprint density at radius 2 is 0.917 bits per heavy atom. The van der Waals surface area contributed by atoms with Gasteiger partial charge in [0.05, 0.1) is 0 Å². The second kappa shape index (κ2) is 10.2. The molecule has 1 saturated heterocycles. The summed E-state index contributed by atoms with van der Waals surface area (Å²) in [5.74, 6) is 0. The molecular formula is C32H20F12O3P-. The molecule has 2 aliphatic heterocycles. The topological polar surface area (TPSA) is 41.5 Å². The normalized spacial score (nSPS) is 20.7. The summed E-state index contributed by atoms with van der Waals surface area (Å²) in [5, 5.41) is 10.8. The van der Waals surface area contributed by atoms with Gasteiger partial charge in [0.1, 0.15) is 0 Å². The van der Waals surface area contributed by atoms with E-state index >= 15 is 26.3 Å². The Hall–Kier alpha value is -3.65. The van der Waals surface area contributed by atoms with Crippen molar-refractivity contribution in [2.75, 3.05) is 6.16 Å². The number of benzene rings is 4. The molecule has 1 fully saturated rings. The Kier molecular flexibility index (Phi) is 7.26. The van der Waals surface area contributed by atoms with Crippen molar-refractivity contribution in [3.05, 3.63) is 131 Å². The van der Waals surface area contributed by atoms with E-state index in [1.165, 1.54) is 60.7 Å². The van der Waals surface area contributed by atoms with E-state index in [2.05, 4.69) is 0 Å². The van der Waals surface area contributed by atoms with Crippen molar-refractivity contribution >= 4 is 17.7 Å². The molecule has 0 bridgehead atoms. The van der Waals surface area contributed by atoms with Crippen LogP contribution in [0.3, 0.4) is 0 Å². The average molecular weight is 711 g/mol. The van der Waals surface area contributed by atoms with Crippen LogP contribution in [0, 0.1) is 0 Å². The van der Waals surface area contributed by atoms with Gasteiger partial charge in [0.2, 0.25) is 0 Å². The zero-order chi connectivity index (χ0) is 35.3. The molecule has 6 rings (SSSR count). The summed E-state index contributed by atoms with van der Waals surface area (Å²) in [6.07, 6.45) is -27.3. The molecule has 16 heteroatoms. The van der Waals surface area contributed by atoms with Crippen molar-refractivity contribution in [1.29, 1.82) is 0 Å². The molecule has 0 amide bonds. The van der Waals surface area contributed by atoms with Crippen LogP contribution in [-0.4, -0.2) is 30.9 Å². The van der Waals surface area contributed by atoms with Crippen molar-refractivity contribution in [2.45, 2.75) is 41.5 Å². The molecule has 0 aliphatic carbocycles. The predicted molar refractivity (Wildman–Crippen MR) is 147 cm³/mol. The van der Waals surface area contributed by atoms with Crippen LogP contribution in [0.25, 0.3) is 0 Å². The summed E-state index contributed by atoms with van der Waals surface area (Å²) in [4.78, 5) is 0. The summed E-state index contributed by atoms with van der Waals surface area (Å²) in [7, 11) is -6.58. The van der Waals surface area contributed by atoms with Gasteiger partial charge in [-0.05, 0) is 0 Å². The second-order valence-corrected chi connectivity index (χ2v) is 15.3. The molecule has 1 spiro atoms. The van der Waals surface area contributed by atoms with Gasteiger partial charge in [-0.25, -0.2) is 0 Å². The zero-order valence-corrected chi connectivity index (χ0v) is 24.7. The first-order chi connectivity index (χ1) is 22.1. The fourth-order valence-corrected chi connectivity index (χ4v) is 13.1. The molecule has 0 atom stereocenters. The van der Waals surface area contributed by atoms with Gasteiger partial charge in [-0.15, -0.1) is 0 Å². The number of halogens is 12. The number of rotatable bonds is 4. The van der Waals surface area contributed by atoms with E-state index in [-0.39, 0.29) is 17.2 Å². The van der Waals surface area contributed by atoms with E-state index < -0.39 is 76.5 Å². The van der Waals surface area contributed by atoms with E-state index in [4.69, 9.17) is 9.05 Å². The van der Waals surface area contributed by atoms with Gasteiger partial charge in [-0.1, -0.05) is 0 Å². The molecule has 0 N–H and O–H groups in total.